The lowest BCUT2D eigenvalue weighted by Gasteiger charge is -2.20. The normalized spacial score (nSPS) is 16.2. The Kier molecular flexibility index (Phi) is 3.53. The molecule has 0 saturated heterocycles. The molecule has 0 amide bonds. The van der Waals surface area contributed by atoms with E-state index < -0.39 is 0 Å². The molecule has 0 spiro atoms. The Morgan fingerprint density at radius 1 is 1.29 bits per heavy atom. The summed E-state index contributed by atoms with van der Waals surface area (Å²) < 4.78 is 0. The van der Waals surface area contributed by atoms with E-state index in [2.05, 4.69) is 45.1 Å². The van der Waals surface area contributed by atoms with E-state index in [0.717, 1.165) is 18.9 Å². The lowest BCUT2D eigenvalue weighted by atomic mass is 10.1. The topological polar surface area (TPSA) is 24.9 Å². The number of hydrogen-bond acceptors (Lipinski definition) is 2. The Morgan fingerprint density at radius 2 is 2.00 bits per heavy atom. The van der Waals surface area contributed by atoms with Gasteiger partial charge in [-0.05, 0) is 65.1 Å². The molecule has 2 nitrogen and oxygen atoms in total. The minimum atomic E-state index is 0.204. The van der Waals surface area contributed by atoms with Crippen LogP contribution in [0.2, 0.25) is 0 Å². The van der Waals surface area contributed by atoms with Crippen molar-refractivity contribution in [2.75, 3.05) is 6.54 Å². The van der Waals surface area contributed by atoms with Gasteiger partial charge in [-0.25, -0.2) is 0 Å². The molecule has 1 saturated carbocycles. The maximum atomic E-state index is 4.72. The van der Waals surface area contributed by atoms with Gasteiger partial charge in [0.15, 0.2) is 0 Å². The fraction of sp³-hybridized carbons (Fsp3) is 0.667. The third-order valence-corrected chi connectivity index (χ3v) is 3.26. The van der Waals surface area contributed by atoms with Gasteiger partial charge in [0.05, 0.1) is 0 Å². The highest BCUT2D eigenvalue weighted by Crippen LogP contribution is 2.39. The van der Waals surface area contributed by atoms with Crippen molar-refractivity contribution in [1.29, 1.82) is 0 Å². The molecular weight excluding hydrogens is 208 g/mol. The van der Waals surface area contributed by atoms with E-state index in [1.54, 1.807) is 0 Å². The molecule has 0 atom stereocenters. The number of rotatable bonds is 4. The number of nitrogens with zero attached hydrogens (tertiary/aromatic N) is 1. The Bertz CT molecular complexity index is 386. The SMILES string of the molecule is Cc1nc(C2CC2)ccc1CCNC(C)(C)C. The molecule has 1 aromatic rings. The number of nitrogens with one attached hydrogen (secondary N) is 1. The fourth-order valence-corrected chi connectivity index (χ4v) is 2.05. The van der Waals surface area contributed by atoms with Crippen LogP contribution in [0.25, 0.3) is 0 Å². The van der Waals surface area contributed by atoms with E-state index in [1.165, 1.54) is 29.8 Å². The quantitative estimate of drug-likeness (QED) is 0.862. The van der Waals surface area contributed by atoms with Gasteiger partial charge in [-0.1, -0.05) is 6.07 Å². The van der Waals surface area contributed by atoms with E-state index >= 15 is 0 Å². The van der Waals surface area contributed by atoms with Crippen molar-refractivity contribution in [3.8, 4) is 0 Å². The first kappa shape index (κ1) is 12.6. The van der Waals surface area contributed by atoms with E-state index in [1.807, 2.05) is 0 Å². The second kappa shape index (κ2) is 4.77. The number of aryl methyl sites for hydroxylation is 1. The Morgan fingerprint density at radius 3 is 2.53 bits per heavy atom. The minimum Gasteiger partial charge on any atom is -0.312 e. The first-order valence-electron chi connectivity index (χ1n) is 6.67. The smallest absolute Gasteiger partial charge is 0.0437 e. The predicted octanol–water partition coefficient (Wildman–Crippen LogP) is 3.20. The third kappa shape index (κ3) is 3.81. The molecule has 0 unspecified atom stereocenters. The highest BCUT2D eigenvalue weighted by atomic mass is 14.9. The average Bonchev–Trinajstić information content (AvgIpc) is 3.02. The molecule has 0 bridgehead atoms. The van der Waals surface area contributed by atoms with Crippen LogP contribution in [0.4, 0.5) is 0 Å². The summed E-state index contributed by atoms with van der Waals surface area (Å²) in [4.78, 5) is 4.72. The van der Waals surface area contributed by atoms with Crippen molar-refractivity contribution in [3.63, 3.8) is 0 Å². The van der Waals surface area contributed by atoms with Crippen molar-refractivity contribution in [3.05, 3.63) is 29.1 Å². The number of aromatic nitrogens is 1. The zero-order valence-electron chi connectivity index (χ0n) is 11.5. The molecule has 1 aromatic heterocycles. The zero-order valence-corrected chi connectivity index (χ0v) is 11.5. The van der Waals surface area contributed by atoms with Gasteiger partial charge in [0.2, 0.25) is 0 Å². The molecule has 1 N–H and O–H groups in total. The second-order valence-corrected chi connectivity index (χ2v) is 6.18. The average molecular weight is 232 g/mol. The van der Waals surface area contributed by atoms with Crippen LogP contribution in [0, 0.1) is 6.92 Å². The Balaban J connectivity index is 1.92. The van der Waals surface area contributed by atoms with Crippen LogP contribution in [0.5, 0.6) is 0 Å². The standard InChI is InChI=1S/C15H24N2/c1-11-12(9-10-16-15(2,3)4)7-8-14(17-11)13-5-6-13/h7-8,13,16H,5-6,9-10H2,1-4H3. The predicted molar refractivity (Wildman–Crippen MR) is 72.4 cm³/mol. The molecule has 1 fully saturated rings. The van der Waals surface area contributed by atoms with Crippen LogP contribution in [0.1, 0.15) is 56.5 Å². The lowest BCUT2D eigenvalue weighted by molar-refractivity contribution is 0.429. The molecule has 1 aliphatic carbocycles. The van der Waals surface area contributed by atoms with E-state index in [0.29, 0.717) is 0 Å². The molecule has 2 heteroatoms. The summed E-state index contributed by atoms with van der Waals surface area (Å²) in [5.41, 5.74) is 4.10. The van der Waals surface area contributed by atoms with Crippen molar-refractivity contribution in [1.82, 2.24) is 10.3 Å². The van der Waals surface area contributed by atoms with E-state index in [-0.39, 0.29) is 5.54 Å². The Labute approximate surface area is 105 Å². The summed E-state index contributed by atoms with van der Waals surface area (Å²) in [6, 6.07) is 4.48. The number of hydrogen-bond donors (Lipinski definition) is 1. The molecule has 0 aromatic carbocycles. The summed E-state index contributed by atoms with van der Waals surface area (Å²) in [7, 11) is 0. The van der Waals surface area contributed by atoms with Crippen molar-refractivity contribution < 1.29 is 0 Å². The fourth-order valence-electron chi connectivity index (χ4n) is 2.05. The lowest BCUT2D eigenvalue weighted by Crippen LogP contribution is -2.37. The summed E-state index contributed by atoms with van der Waals surface area (Å²) in [5.74, 6) is 0.760. The van der Waals surface area contributed by atoms with Gasteiger partial charge in [-0.2, -0.15) is 0 Å². The summed E-state index contributed by atoms with van der Waals surface area (Å²) >= 11 is 0. The highest BCUT2D eigenvalue weighted by molar-refractivity contribution is 5.26. The van der Waals surface area contributed by atoms with Gasteiger partial charge >= 0.3 is 0 Å². The second-order valence-electron chi connectivity index (χ2n) is 6.18. The van der Waals surface area contributed by atoms with Gasteiger partial charge in [-0.15, -0.1) is 0 Å². The molecule has 0 aliphatic heterocycles. The molecule has 17 heavy (non-hydrogen) atoms. The maximum absolute atomic E-state index is 4.72. The van der Waals surface area contributed by atoms with Crippen LogP contribution in [0.15, 0.2) is 12.1 Å². The van der Waals surface area contributed by atoms with Crippen LogP contribution >= 0.6 is 0 Å². The van der Waals surface area contributed by atoms with Crippen molar-refractivity contribution in [2.24, 2.45) is 0 Å². The monoisotopic (exact) mass is 232 g/mol. The number of pyridine rings is 1. The molecule has 94 valence electrons. The van der Waals surface area contributed by atoms with E-state index in [9.17, 15) is 0 Å². The van der Waals surface area contributed by atoms with Crippen LogP contribution in [-0.2, 0) is 6.42 Å². The first-order chi connectivity index (χ1) is 7.96. The van der Waals surface area contributed by atoms with Crippen molar-refractivity contribution in [2.45, 2.75) is 58.4 Å². The van der Waals surface area contributed by atoms with Gasteiger partial charge in [0.25, 0.3) is 0 Å². The maximum Gasteiger partial charge on any atom is 0.0437 e. The minimum absolute atomic E-state index is 0.204. The highest BCUT2D eigenvalue weighted by Gasteiger charge is 2.25. The molecule has 0 radical (unpaired) electrons. The molecule has 1 aliphatic rings. The Hall–Kier alpha value is -0.890. The van der Waals surface area contributed by atoms with Crippen LogP contribution in [-0.4, -0.2) is 17.1 Å². The van der Waals surface area contributed by atoms with Gasteiger partial charge in [0.1, 0.15) is 0 Å². The third-order valence-electron chi connectivity index (χ3n) is 3.26. The van der Waals surface area contributed by atoms with Gasteiger partial charge < -0.3 is 5.32 Å². The first-order valence-corrected chi connectivity index (χ1v) is 6.67. The van der Waals surface area contributed by atoms with E-state index in [4.69, 9.17) is 4.98 Å². The molecule has 2 rings (SSSR count). The van der Waals surface area contributed by atoms with Gasteiger partial charge in [-0.3, -0.25) is 4.98 Å². The summed E-state index contributed by atoms with van der Waals surface area (Å²) in [6.07, 6.45) is 3.73. The summed E-state index contributed by atoms with van der Waals surface area (Å²) in [6.45, 7) is 9.77. The van der Waals surface area contributed by atoms with Crippen molar-refractivity contribution >= 4 is 0 Å². The largest absolute Gasteiger partial charge is 0.312 e. The zero-order chi connectivity index (χ0) is 12.5. The molecular formula is C15H24N2. The van der Waals surface area contributed by atoms with Crippen LogP contribution < -0.4 is 5.32 Å². The van der Waals surface area contributed by atoms with Gasteiger partial charge in [0, 0.05) is 22.8 Å². The summed E-state index contributed by atoms with van der Waals surface area (Å²) in [5, 5.41) is 3.52. The van der Waals surface area contributed by atoms with Crippen LogP contribution in [0.3, 0.4) is 0 Å². The molecule has 1 heterocycles.